The van der Waals surface area contributed by atoms with E-state index < -0.39 is 0 Å². The van der Waals surface area contributed by atoms with E-state index in [9.17, 15) is 9.90 Å². The Balaban J connectivity index is 2.92. The summed E-state index contributed by atoms with van der Waals surface area (Å²) in [4.78, 5) is 11.1. The van der Waals surface area contributed by atoms with Crippen LogP contribution < -0.4 is 0 Å². The number of hydrogen-bond donors (Lipinski definition) is 1. The van der Waals surface area contributed by atoms with Crippen LogP contribution in [-0.4, -0.2) is 10.3 Å². The van der Waals surface area contributed by atoms with Gasteiger partial charge in [-0.1, -0.05) is 32.4 Å². The Morgan fingerprint density at radius 2 is 2.19 bits per heavy atom. The van der Waals surface area contributed by atoms with E-state index in [1.54, 1.807) is 19.1 Å². The molecule has 1 aromatic carbocycles. The molecule has 0 fully saturated rings. The molecule has 0 radical (unpaired) electrons. The van der Waals surface area contributed by atoms with E-state index in [1.165, 1.54) is 0 Å². The first kappa shape index (κ1) is 13.0. The second kappa shape index (κ2) is 5.90. The molecule has 1 N–H and O–H groups in total. The van der Waals surface area contributed by atoms with Gasteiger partial charge in [-0.15, -0.1) is 0 Å². The van der Waals surface area contributed by atoms with Crippen molar-refractivity contribution in [1.82, 2.24) is 0 Å². The number of aryl methyl sites for hydroxylation is 1. The smallest absolute Gasteiger partial charge is 0.228 e. The summed E-state index contributed by atoms with van der Waals surface area (Å²) >= 11 is 5.46. The molecule has 1 unspecified atom stereocenters. The maximum Gasteiger partial charge on any atom is 0.228 e. The molecule has 2 nitrogen and oxygen atoms in total. The molecule has 0 aliphatic heterocycles. The normalized spacial score (nSPS) is 12.4. The highest BCUT2D eigenvalue weighted by molar-refractivity contribution is 6.64. The molecular weight excluding hydrogens is 224 g/mol. The molecule has 0 saturated carbocycles. The van der Waals surface area contributed by atoms with Crippen LogP contribution in [0.4, 0.5) is 0 Å². The van der Waals surface area contributed by atoms with E-state index in [0.29, 0.717) is 5.75 Å². The summed E-state index contributed by atoms with van der Waals surface area (Å²) in [6.45, 7) is 3.87. The van der Waals surface area contributed by atoms with E-state index in [0.717, 1.165) is 30.4 Å². The van der Waals surface area contributed by atoms with E-state index in [-0.39, 0.29) is 11.2 Å². The Hall–Kier alpha value is -1.02. The molecule has 3 heteroatoms. The van der Waals surface area contributed by atoms with Gasteiger partial charge in [0.25, 0.3) is 0 Å². The average Bonchev–Trinajstić information content (AvgIpc) is 2.27. The quantitative estimate of drug-likeness (QED) is 0.799. The number of unbranched alkanes of at least 4 members (excludes halogenated alkanes) is 1. The van der Waals surface area contributed by atoms with Gasteiger partial charge in [-0.3, -0.25) is 4.79 Å². The average molecular weight is 241 g/mol. The highest BCUT2D eigenvalue weighted by atomic mass is 35.5. The predicted octanol–water partition coefficient (Wildman–Crippen LogP) is 3.60. The van der Waals surface area contributed by atoms with Crippen LogP contribution in [0.15, 0.2) is 18.2 Å². The van der Waals surface area contributed by atoms with E-state index in [2.05, 4.69) is 6.92 Å². The van der Waals surface area contributed by atoms with Gasteiger partial charge in [-0.25, -0.2) is 0 Å². The van der Waals surface area contributed by atoms with Crippen molar-refractivity contribution in [2.45, 2.75) is 39.0 Å². The number of aromatic hydroxyl groups is 1. The van der Waals surface area contributed by atoms with Gasteiger partial charge < -0.3 is 5.11 Å². The van der Waals surface area contributed by atoms with Crippen molar-refractivity contribution in [3.05, 3.63) is 29.3 Å². The first-order valence-electron chi connectivity index (χ1n) is 5.57. The third kappa shape index (κ3) is 3.24. The zero-order valence-corrected chi connectivity index (χ0v) is 10.4. The minimum absolute atomic E-state index is 0.298. The fourth-order valence-corrected chi connectivity index (χ4v) is 1.70. The summed E-state index contributed by atoms with van der Waals surface area (Å²) in [5.41, 5.74) is 1.76. The van der Waals surface area contributed by atoms with Crippen molar-refractivity contribution < 1.29 is 9.90 Å². The lowest BCUT2D eigenvalue weighted by Gasteiger charge is -2.10. The third-order valence-electron chi connectivity index (χ3n) is 2.74. The molecule has 0 amide bonds. The van der Waals surface area contributed by atoms with Crippen LogP contribution in [0.3, 0.4) is 0 Å². The van der Waals surface area contributed by atoms with E-state index in [1.807, 2.05) is 6.07 Å². The highest BCUT2D eigenvalue weighted by Crippen LogP contribution is 2.26. The molecule has 1 aromatic rings. The van der Waals surface area contributed by atoms with Crippen molar-refractivity contribution in [2.75, 3.05) is 0 Å². The molecule has 16 heavy (non-hydrogen) atoms. The first-order valence-corrected chi connectivity index (χ1v) is 5.95. The van der Waals surface area contributed by atoms with Gasteiger partial charge in [0.05, 0.1) is 5.92 Å². The number of phenolic OH excluding ortho intramolecular Hbond substituents is 1. The number of benzene rings is 1. The molecule has 0 aliphatic carbocycles. The Labute approximate surface area is 101 Å². The molecule has 0 spiro atoms. The summed E-state index contributed by atoms with van der Waals surface area (Å²) in [5, 5.41) is 9.30. The molecular formula is C13H17ClO2. The number of hydrogen-bond acceptors (Lipinski definition) is 2. The zero-order chi connectivity index (χ0) is 12.1. The minimum Gasteiger partial charge on any atom is -0.508 e. The molecule has 0 bridgehead atoms. The van der Waals surface area contributed by atoms with Crippen LogP contribution >= 0.6 is 11.6 Å². The van der Waals surface area contributed by atoms with Crippen LogP contribution in [0.1, 0.15) is 43.7 Å². The van der Waals surface area contributed by atoms with Crippen molar-refractivity contribution in [3.8, 4) is 5.75 Å². The topological polar surface area (TPSA) is 37.3 Å². The van der Waals surface area contributed by atoms with E-state index in [4.69, 9.17) is 11.6 Å². The van der Waals surface area contributed by atoms with Gasteiger partial charge >= 0.3 is 0 Å². The number of carbonyl (C=O) groups excluding carboxylic acids is 1. The molecule has 0 aliphatic rings. The molecule has 1 rings (SSSR count). The fourth-order valence-electron chi connectivity index (χ4n) is 1.57. The second-order valence-electron chi connectivity index (χ2n) is 4.02. The lowest BCUT2D eigenvalue weighted by molar-refractivity contribution is -0.112. The van der Waals surface area contributed by atoms with Crippen LogP contribution in [0, 0.1) is 0 Å². The molecule has 0 heterocycles. The zero-order valence-electron chi connectivity index (χ0n) is 9.66. The van der Waals surface area contributed by atoms with E-state index >= 15 is 0 Å². The third-order valence-corrected chi connectivity index (χ3v) is 3.07. The van der Waals surface area contributed by atoms with Crippen LogP contribution in [0.5, 0.6) is 5.75 Å². The molecule has 0 saturated heterocycles. The summed E-state index contributed by atoms with van der Waals surface area (Å²) in [6.07, 6.45) is 2.94. The summed E-state index contributed by atoms with van der Waals surface area (Å²) in [7, 11) is 0. The van der Waals surface area contributed by atoms with Gasteiger partial charge in [0.2, 0.25) is 5.24 Å². The largest absolute Gasteiger partial charge is 0.508 e. The molecule has 88 valence electrons. The number of carbonyl (C=O) groups is 1. The maximum absolute atomic E-state index is 11.1. The summed E-state index contributed by atoms with van der Waals surface area (Å²) in [5.74, 6) is -0.0194. The Morgan fingerprint density at radius 3 is 2.75 bits per heavy atom. The van der Waals surface area contributed by atoms with Crippen LogP contribution in [0.25, 0.3) is 0 Å². The Kier molecular flexibility index (Phi) is 4.81. The van der Waals surface area contributed by atoms with Crippen LogP contribution in [0.2, 0.25) is 0 Å². The van der Waals surface area contributed by atoms with Gasteiger partial charge in [-0.2, -0.15) is 0 Å². The summed E-state index contributed by atoms with van der Waals surface area (Å²) < 4.78 is 0. The lowest BCUT2D eigenvalue weighted by Crippen LogP contribution is -2.02. The lowest BCUT2D eigenvalue weighted by atomic mass is 9.97. The second-order valence-corrected chi connectivity index (χ2v) is 4.39. The fraction of sp³-hybridized carbons (Fsp3) is 0.462. The SMILES string of the molecule is CCCCc1cc(C(C)C(=O)Cl)ccc1O. The van der Waals surface area contributed by atoms with Crippen LogP contribution in [-0.2, 0) is 11.2 Å². The van der Waals surface area contributed by atoms with Gasteiger partial charge in [0.1, 0.15) is 5.75 Å². The number of rotatable bonds is 5. The summed E-state index contributed by atoms with van der Waals surface area (Å²) in [6, 6.07) is 5.25. The first-order chi connectivity index (χ1) is 7.56. The van der Waals surface area contributed by atoms with Crippen molar-refractivity contribution >= 4 is 16.8 Å². The number of phenols is 1. The van der Waals surface area contributed by atoms with Gasteiger partial charge in [-0.05, 0) is 41.6 Å². The van der Waals surface area contributed by atoms with Gasteiger partial charge in [0.15, 0.2) is 0 Å². The monoisotopic (exact) mass is 240 g/mol. The van der Waals surface area contributed by atoms with Crippen molar-refractivity contribution in [1.29, 1.82) is 0 Å². The van der Waals surface area contributed by atoms with Gasteiger partial charge in [0, 0.05) is 0 Å². The maximum atomic E-state index is 11.1. The predicted molar refractivity (Wildman–Crippen MR) is 66.0 cm³/mol. The standard InChI is InChI=1S/C13H17ClO2/c1-3-4-5-11-8-10(6-7-12(11)15)9(2)13(14)16/h6-9,15H,3-5H2,1-2H3. The minimum atomic E-state index is -0.368. The highest BCUT2D eigenvalue weighted by Gasteiger charge is 2.14. The number of halogens is 1. The Morgan fingerprint density at radius 1 is 1.50 bits per heavy atom. The van der Waals surface area contributed by atoms with Crippen molar-refractivity contribution in [3.63, 3.8) is 0 Å². The Bertz CT molecular complexity index is 374. The molecule has 0 aromatic heterocycles. The molecule has 1 atom stereocenters. The van der Waals surface area contributed by atoms with Crippen molar-refractivity contribution in [2.24, 2.45) is 0 Å².